The Hall–Kier alpha value is -2.09. The maximum Gasteiger partial charge on any atom is 0.308 e. The molecule has 0 atom stereocenters. The number of carbonyl (C=O) groups is 1. The van der Waals surface area contributed by atoms with E-state index in [9.17, 15) is 4.79 Å². The summed E-state index contributed by atoms with van der Waals surface area (Å²) in [5, 5.41) is 4.22. The standard InChI is InChI=1S/C17H17IN2O3/c1-11-5-4-6-14(7-11)20-19-10-13-8-15(18)17(23-12(2)21)16(9-13)22-3/h4-10,20H,1-3H3/b19-10-. The number of benzene rings is 2. The highest BCUT2D eigenvalue weighted by Crippen LogP contribution is 2.33. The molecule has 23 heavy (non-hydrogen) atoms. The quantitative estimate of drug-likeness (QED) is 0.259. The summed E-state index contributed by atoms with van der Waals surface area (Å²) in [6.07, 6.45) is 1.69. The molecule has 0 aliphatic carbocycles. The highest BCUT2D eigenvalue weighted by Gasteiger charge is 2.13. The Balaban J connectivity index is 2.18. The number of hydrogen-bond donors (Lipinski definition) is 1. The molecular formula is C17H17IN2O3. The SMILES string of the molecule is COc1cc(/C=N\Nc2cccc(C)c2)cc(I)c1OC(C)=O. The first-order valence-corrected chi connectivity index (χ1v) is 7.99. The van der Waals surface area contributed by atoms with Gasteiger partial charge in [0.1, 0.15) is 0 Å². The number of carbonyl (C=O) groups excluding carboxylic acids is 1. The van der Waals surface area contributed by atoms with Gasteiger partial charge in [-0.1, -0.05) is 12.1 Å². The van der Waals surface area contributed by atoms with Gasteiger partial charge < -0.3 is 9.47 Å². The van der Waals surface area contributed by atoms with Gasteiger partial charge in [-0.2, -0.15) is 5.10 Å². The van der Waals surface area contributed by atoms with Crippen molar-refractivity contribution in [2.24, 2.45) is 5.10 Å². The number of esters is 1. The smallest absolute Gasteiger partial charge is 0.308 e. The summed E-state index contributed by atoms with van der Waals surface area (Å²) in [4.78, 5) is 11.2. The van der Waals surface area contributed by atoms with Crippen LogP contribution in [0.3, 0.4) is 0 Å². The van der Waals surface area contributed by atoms with Gasteiger partial charge in [-0.15, -0.1) is 0 Å². The zero-order chi connectivity index (χ0) is 16.8. The fraction of sp³-hybridized carbons (Fsp3) is 0.176. The Kier molecular flexibility index (Phi) is 5.97. The normalized spacial score (nSPS) is 10.6. The zero-order valence-corrected chi connectivity index (χ0v) is 15.2. The Morgan fingerprint density at radius 1 is 1.30 bits per heavy atom. The highest BCUT2D eigenvalue weighted by atomic mass is 127. The molecule has 0 spiro atoms. The largest absolute Gasteiger partial charge is 0.493 e. The molecule has 0 fully saturated rings. The van der Waals surface area contributed by atoms with Crippen molar-refractivity contribution in [2.45, 2.75) is 13.8 Å². The van der Waals surface area contributed by atoms with Gasteiger partial charge in [-0.3, -0.25) is 10.2 Å². The number of rotatable bonds is 5. The van der Waals surface area contributed by atoms with E-state index in [0.717, 1.165) is 20.4 Å². The van der Waals surface area contributed by atoms with Crippen LogP contribution < -0.4 is 14.9 Å². The van der Waals surface area contributed by atoms with Crippen LogP contribution in [-0.4, -0.2) is 19.3 Å². The number of hydrogen-bond acceptors (Lipinski definition) is 5. The van der Waals surface area contributed by atoms with Crippen molar-refractivity contribution in [3.8, 4) is 11.5 Å². The van der Waals surface area contributed by atoms with Crippen LogP contribution in [0.2, 0.25) is 0 Å². The van der Waals surface area contributed by atoms with Gasteiger partial charge in [0.05, 0.1) is 22.6 Å². The van der Waals surface area contributed by atoms with Crippen LogP contribution in [0.4, 0.5) is 5.69 Å². The maximum atomic E-state index is 11.2. The third-order valence-corrected chi connectivity index (χ3v) is 3.72. The van der Waals surface area contributed by atoms with Gasteiger partial charge in [0.25, 0.3) is 0 Å². The molecule has 1 N–H and O–H groups in total. The van der Waals surface area contributed by atoms with E-state index in [1.165, 1.54) is 14.0 Å². The fourth-order valence-electron chi connectivity index (χ4n) is 1.95. The van der Waals surface area contributed by atoms with E-state index in [1.54, 1.807) is 12.3 Å². The lowest BCUT2D eigenvalue weighted by atomic mass is 10.2. The minimum absolute atomic E-state index is 0.385. The predicted molar refractivity (Wildman–Crippen MR) is 99.4 cm³/mol. The minimum atomic E-state index is -0.385. The van der Waals surface area contributed by atoms with E-state index in [4.69, 9.17) is 9.47 Å². The number of nitrogens with zero attached hydrogens (tertiary/aromatic N) is 1. The second kappa shape index (κ2) is 7.96. The second-order valence-electron chi connectivity index (χ2n) is 4.87. The van der Waals surface area contributed by atoms with Crippen LogP contribution in [0, 0.1) is 10.5 Å². The van der Waals surface area contributed by atoms with E-state index < -0.39 is 0 Å². The number of aryl methyl sites for hydroxylation is 1. The molecule has 0 aliphatic rings. The first-order chi connectivity index (χ1) is 11.0. The summed E-state index contributed by atoms with van der Waals surface area (Å²) in [5.74, 6) is 0.525. The fourth-order valence-corrected chi connectivity index (χ4v) is 2.69. The third-order valence-electron chi connectivity index (χ3n) is 2.92. The van der Waals surface area contributed by atoms with Crippen LogP contribution >= 0.6 is 22.6 Å². The van der Waals surface area contributed by atoms with Crippen molar-refractivity contribution < 1.29 is 14.3 Å². The van der Waals surface area contributed by atoms with Crippen molar-refractivity contribution in [3.63, 3.8) is 0 Å². The van der Waals surface area contributed by atoms with Crippen molar-refractivity contribution >= 4 is 40.5 Å². The lowest BCUT2D eigenvalue weighted by Crippen LogP contribution is -2.05. The minimum Gasteiger partial charge on any atom is -0.493 e. The van der Waals surface area contributed by atoms with Crippen LogP contribution in [0.5, 0.6) is 11.5 Å². The number of halogens is 1. The molecule has 0 aliphatic heterocycles. The van der Waals surface area contributed by atoms with Crippen molar-refractivity contribution in [3.05, 3.63) is 51.1 Å². The molecule has 0 amide bonds. The van der Waals surface area contributed by atoms with E-state index >= 15 is 0 Å². The van der Waals surface area contributed by atoms with E-state index in [-0.39, 0.29) is 5.97 Å². The summed E-state index contributed by atoms with van der Waals surface area (Å²) in [7, 11) is 1.53. The summed E-state index contributed by atoms with van der Waals surface area (Å²) in [6.45, 7) is 3.38. The third kappa shape index (κ3) is 4.95. The number of methoxy groups -OCH3 is 1. The van der Waals surface area contributed by atoms with Crippen LogP contribution in [0.25, 0.3) is 0 Å². The van der Waals surface area contributed by atoms with Crippen molar-refractivity contribution in [2.75, 3.05) is 12.5 Å². The molecule has 5 nitrogen and oxygen atoms in total. The van der Waals surface area contributed by atoms with Crippen LogP contribution in [-0.2, 0) is 4.79 Å². The Morgan fingerprint density at radius 2 is 2.09 bits per heavy atom. The maximum absolute atomic E-state index is 11.2. The van der Waals surface area contributed by atoms with Gasteiger partial charge in [0, 0.05) is 6.92 Å². The summed E-state index contributed by atoms with van der Waals surface area (Å²) < 4.78 is 11.2. The molecule has 0 radical (unpaired) electrons. The van der Waals surface area contributed by atoms with Crippen LogP contribution in [0.1, 0.15) is 18.1 Å². The Morgan fingerprint density at radius 3 is 2.74 bits per heavy atom. The average molecular weight is 424 g/mol. The van der Waals surface area contributed by atoms with E-state index in [1.807, 2.05) is 37.3 Å². The molecule has 0 saturated carbocycles. The molecule has 0 unspecified atom stereocenters. The molecule has 120 valence electrons. The first kappa shape index (κ1) is 17.3. The van der Waals surface area contributed by atoms with Crippen molar-refractivity contribution in [1.29, 1.82) is 0 Å². The van der Waals surface area contributed by atoms with E-state index in [2.05, 4.69) is 33.1 Å². The van der Waals surface area contributed by atoms with Gasteiger partial charge in [-0.05, 0) is 64.9 Å². The molecule has 2 aromatic carbocycles. The molecular weight excluding hydrogens is 407 g/mol. The van der Waals surface area contributed by atoms with Crippen LogP contribution in [0.15, 0.2) is 41.5 Å². The van der Waals surface area contributed by atoms with Crippen molar-refractivity contribution in [1.82, 2.24) is 0 Å². The zero-order valence-electron chi connectivity index (χ0n) is 13.1. The monoisotopic (exact) mass is 424 g/mol. The topological polar surface area (TPSA) is 59.9 Å². The van der Waals surface area contributed by atoms with Gasteiger partial charge in [0.15, 0.2) is 11.5 Å². The highest BCUT2D eigenvalue weighted by molar-refractivity contribution is 14.1. The Bertz CT molecular complexity index is 745. The average Bonchev–Trinajstić information content (AvgIpc) is 2.49. The predicted octanol–water partition coefficient (Wildman–Crippen LogP) is 3.98. The molecule has 0 bridgehead atoms. The number of ether oxygens (including phenoxy) is 2. The molecule has 0 heterocycles. The molecule has 0 aromatic heterocycles. The van der Waals surface area contributed by atoms with Gasteiger partial charge in [-0.25, -0.2) is 0 Å². The first-order valence-electron chi connectivity index (χ1n) is 6.91. The van der Waals surface area contributed by atoms with E-state index in [0.29, 0.717) is 11.5 Å². The molecule has 2 aromatic rings. The molecule has 6 heteroatoms. The summed E-state index contributed by atoms with van der Waals surface area (Å²) >= 11 is 2.10. The lowest BCUT2D eigenvalue weighted by molar-refractivity contribution is -0.132. The summed E-state index contributed by atoms with van der Waals surface area (Å²) in [5.41, 5.74) is 5.89. The lowest BCUT2D eigenvalue weighted by Gasteiger charge is -2.11. The number of hydrazone groups is 1. The summed E-state index contributed by atoms with van der Waals surface area (Å²) in [6, 6.07) is 11.6. The van der Waals surface area contributed by atoms with Gasteiger partial charge in [0.2, 0.25) is 0 Å². The second-order valence-corrected chi connectivity index (χ2v) is 6.03. The Labute approximate surface area is 148 Å². The molecule has 2 rings (SSSR count). The van der Waals surface area contributed by atoms with Gasteiger partial charge >= 0.3 is 5.97 Å². The number of anilines is 1. The molecule has 0 saturated heterocycles. The number of nitrogens with one attached hydrogen (secondary N) is 1.